The van der Waals surface area contributed by atoms with E-state index in [0.29, 0.717) is 5.41 Å². The van der Waals surface area contributed by atoms with E-state index in [1.165, 1.54) is 58.0 Å². The van der Waals surface area contributed by atoms with Gasteiger partial charge in [0.1, 0.15) is 0 Å². The minimum Gasteiger partial charge on any atom is -0.300 e. The molecule has 2 atom stereocenters. The smallest absolute Gasteiger partial charge is 0.00988 e. The monoisotopic (exact) mass is 225 g/mol. The van der Waals surface area contributed by atoms with E-state index < -0.39 is 0 Å². The first kappa shape index (κ1) is 10.5. The van der Waals surface area contributed by atoms with E-state index in [1.807, 2.05) is 0 Å². The summed E-state index contributed by atoms with van der Waals surface area (Å²) in [4.78, 5) is 2.80. The molecule has 1 nitrogen and oxygen atoms in total. The van der Waals surface area contributed by atoms with Crippen molar-refractivity contribution < 1.29 is 0 Å². The van der Waals surface area contributed by atoms with Crippen LogP contribution in [0.3, 0.4) is 0 Å². The van der Waals surface area contributed by atoms with Crippen molar-refractivity contribution in [2.45, 2.75) is 51.0 Å². The molecule has 3 rings (SSSR count). The van der Waals surface area contributed by atoms with Gasteiger partial charge in [0.15, 0.2) is 0 Å². The second-order valence-corrected chi connectivity index (χ2v) is 6.44. The van der Waals surface area contributed by atoms with Gasteiger partial charge in [-0.1, -0.05) is 12.8 Å². The number of nitrogens with zero attached hydrogens (tertiary/aromatic N) is 1. The van der Waals surface area contributed by atoms with Crippen LogP contribution in [0.2, 0.25) is 0 Å². The van der Waals surface area contributed by atoms with Gasteiger partial charge in [-0.15, -0.1) is 0 Å². The highest BCUT2D eigenvalue weighted by Crippen LogP contribution is 2.44. The molecule has 2 heteroatoms. The Morgan fingerprint density at radius 1 is 1.20 bits per heavy atom. The SMILES string of the molecule is SCC1(CN2CC3CCC2C3)CCCC1. The summed E-state index contributed by atoms with van der Waals surface area (Å²) in [6.07, 6.45) is 10.3. The van der Waals surface area contributed by atoms with Crippen LogP contribution < -0.4 is 0 Å². The summed E-state index contributed by atoms with van der Waals surface area (Å²) in [5.41, 5.74) is 0.591. The highest BCUT2D eigenvalue weighted by atomic mass is 32.1. The lowest BCUT2D eigenvalue weighted by molar-refractivity contribution is 0.137. The van der Waals surface area contributed by atoms with Crippen LogP contribution in [0.5, 0.6) is 0 Å². The van der Waals surface area contributed by atoms with Crippen molar-refractivity contribution in [2.75, 3.05) is 18.8 Å². The first-order chi connectivity index (χ1) is 7.31. The lowest BCUT2D eigenvalue weighted by Crippen LogP contribution is -2.41. The molecule has 0 aromatic heterocycles. The van der Waals surface area contributed by atoms with E-state index >= 15 is 0 Å². The van der Waals surface area contributed by atoms with Crippen molar-refractivity contribution in [3.63, 3.8) is 0 Å². The predicted molar refractivity (Wildman–Crippen MR) is 67.5 cm³/mol. The summed E-state index contributed by atoms with van der Waals surface area (Å²) in [5.74, 6) is 2.16. The molecule has 2 aliphatic carbocycles. The molecule has 0 radical (unpaired) electrons. The van der Waals surface area contributed by atoms with Crippen LogP contribution in [0.1, 0.15) is 44.9 Å². The molecule has 2 unspecified atom stereocenters. The van der Waals surface area contributed by atoms with E-state index in [2.05, 4.69) is 17.5 Å². The minimum atomic E-state index is 0.591. The third-order valence-corrected chi connectivity index (χ3v) is 5.73. The fourth-order valence-corrected chi connectivity index (χ4v) is 4.56. The topological polar surface area (TPSA) is 3.24 Å². The van der Waals surface area contributed by atoms with Crippen LogP contribution in [0.25, 0.3) is 0 Å². The van der Waals surface area contributed by atoms with Gasteiger partial charge in [0, 0.05) is 19.1 Å². The first-order valence-electron chi connectivity index (χ1n) is 6.66. The molecule has 1 heterocycles. The van der Waals surface area contributed by atoms with E-state index in [9.17, 15) is 0 Å². The molecule has 0 N–H and O–H groups in total. The fourth-order valence-electron chi connectivity index (χ4n) is 4.14. The molecule has 86 valence electrons. The van der Waals surface area contributed by atoms with E-state index in [1.54, 1.807) is 0 Å². The maximum absolute atomic E-state index is 4.62. The number of hydrogen-bond acceptors (Lipinski definition) is 2. The van der Waals surface area contributed by atoms with E-state index in [0.717, 1.165) is 17.7 Å². The summed E-state index contributed by atoms with van der Waals surface area (Å²) >= 11 is 4.62. The second kappa shape index (κ2) is 3.96. The van der Waals surface area contributed by atoms with Crippen molar-refractivity contribution in [3.05, 3.63) is 0 Å². The standard InChI is InChI=1S/C13H23NS/c15-10-13(5-1-2-6-13)9-14-8-11-3-4-12(14)7-11/h11-12,15H,1-10H2. The summed E-state index contributed by atoms with van der Waals surface area (Å²) in [7, 11) is 0. The quantitative estimate of drug-likeness (QED) is 0.723. The maximum atomic E-state index is 4.62. The van der Waals surface area contributed by atoms with Crippen molar-refractivity contribution in [3.8, 4) is 0 Å². The van der Waals surface area contributed by atoms with Gasteiger partial charge in [-0.25, -0.2) is 0 Å². The summed E-state index contributed by atoms with van der Waals surface area (Å²) in [5, 5.41) is 0. The van der Waals surface area contributed by atoms with Crippen LogP contribution in [0.4, 0.5) is 0 Å². The number of fused-ring (bicyclic) bond motifs is 2. The normalized spacial score (nSPS) is 39.0. The molecule has 15 heavy (non-hydrogen) atoms. The number of likely N-dealkylation sites (tertiary alicyclic amines) is 1. The van der Waals surface area contributed by atoms with Crippen LogP contribution >= 0.6 is 12.6 Å². The number of rotatable bonds is 3. The molecule has 2 bridgehead atoms. The third kappa shape index (κ3) is 1.84. The Labute approximate surface area is 99.0 Å². The third-order valence-electron chi connectivity index (χ3n) is 5.06. The van der Waals surface area contributed by atoms with Gasteiger partial charge >= 0.3 is 0 Å². The number of hydrogen-bond donors (Lipinski definition) is 1. The van der Waals surface area contributed by atoms with Crippen molar-refractivity contribution in [1.29, 1.82) is 0 Å². The Balaban J connectivity index is 1.64. The van der Waals surface area contributed by atoms with Gasteiger partial charge < -0.3 is 0 Å². The zero-order valence-corrected chi connectivity index (χ0v) is 10.5. The second-order valence-electron chi connectivity index (χ2n) is 6.13. The van der Waals surface area contributed by atoms with Crippen LogP contribution in [-0.2, 0) is 0 Å². The van der Waals surface area contributed by atoms with Gasteiger partial charge in [-0.2, -0.15) is 12.6 Å². The van der Waals surface area contributed by atoms with Crippen molar-refractivity contribution in [2.24, 2.45) is 11.3 Å². The van der Waals surface area contributed by atoms with Gasteiger partial charge in [-0.05, 0) is 49.2 Å². The predicted octanol–water partition coefficient (Wildman–Crippen LogP) is 2.96. The van der Waals surface area contributed by atoms with Crippen LogP contribution in [0, 0.1) is 11.3 Å². The summed E-state index contributed by atoms with van der Waals surface area (Å²) < 4.78 is 0. The average Bonchev–Trinajstić information content (AvgIpc) is 2.93. The Morgan fingerprint density at radius 2 is 2.00 bits per heavy atom. The van der Waals surface area contributed by atoms with E-state index in [4.69, 9.17) is 0 Å². The van der Waals surface area contributed by atoms with Gasteiger partial charge in [0.05, 0.1) is 0 Å². The van der Waals surface area contributed by atoms with Crippen molar-refractivity contribution in [1.82, 2.24) is 4.90 Å². The van der Waals surface area contributed by atoms with Gasteiger partial charge in [-0.3, -0.25) is 4.90 Å². The Hall–Kier alpha value is 0.310. The number of thiol groups is 1. The zero-order valence-electron chi connectivity index (χ0n) is 9.62. The molecule has 3 fully saturated rings. The molecule has 1 aliphatic heterocycles. The Morgan fingerprint density at radius 3 is 2.53 bits per heavy atom. The highest BCUT2D eigenvalue weighted by Gasteiger charge is 2.42. The van der Waals surface area contributed by atoms with E-state index in [-0.39, 0.29) is 0 Å². The Bertz CT molecular complexity index is 235. The van der Waals surface area contributed by atoms with Gasteiger partial charge in [0.25, 0.3) is 0 Å². The minimum absolute atomic E-state index is 0.591. The molecule has 0 aromatic carbocycles. The molecular weight excluding hydrogens is 202 g/mol. The lowest BCUT2D eigenvalue weighted by Gasteiger charge is -2.36. The number of piperidine rings is 1. The molecule has 2 saturated carbocycles. The first-order valence-corrected chi connectivity index (χ1v) is 7.29. The molecule has 0 spiro atoms. The average molecular weight is 225 g/mol. The van der Waals surface area contributed by atoms with Crippen LogP contribution in [-0.4, -0.2) is 29.8 Å². The molecule has 1 saturated heterocycles. The largest absolute Gasteiger partial charge is 0.300 e. The highest BCUT2D eigenvalue weighted by molar-refractivity contribution is 7.80. The molecular formula is C13H23NS. The van der Waals surface area contributed by atoms with Crippen LogP contribution in [0.15, 0.2) is 0 Å². The van der Waals surface area contributed by atoms with Crippen molar-refractivity contribution >= 4 is 12.6 Å². The molecule has 3 aliphatic rings. The zero-order chi connectivity index (χ0) is 10.3. The van der Waals surface area contributed by atoms with Gasteiger partial charge in [0.2, 0.25) is 0 Å². The Kier molecular flexibility index (Phi) is 2.76. The fraction of sp³-hybridized carbons (Fsp3) is 1.00. The summed E-state index contributed by atoms with van der Waals surface area (Å²) in [6.45, 7) is 2.76. The lowest BCUT2D eigenvalue weighted by atomic mass is 9.87. The molecule has 0 amide bonds. The maximum Gasteiger partial charge on any atom is 0.00988 e. The summed E-state index contributed by atoms with van der Waals surface area (Å²) in [6, 6.07) is 0.951. The molecule has 0 aromatic rings.